The zero-order chi connectivity index (χ0) is 19.8. The molecule has 1 N–H and O–H groups in total. The average molecular weight is 389 g/mol. The molecule has 0 aliphatic rings. The highest BCUT2D eigenvalue weighted by atomic mass is 35.5. The summed E-state index contributed by atoms with van der Waals surface area (Å²) in [5.41, 5.74) is 1.78. The number of anilines is 1. The number of nitrogens with one attached hydrogen (secondary N) is 1. The third-order valence-corrected chi connectivity index (χ3v) is 4.14. The number of hydrogen-bond donors (Lipinski definition) is 1. The number of halogens is 1. The van der Waals surface area contributed by atoms with Gasteiger partial charge in [-0.2, -0.15) is 0 Å². The van der Waals surface area contributed by atoms with Crippen molar-refractivity contribution in [2.75, 3.05) is 25.5 Å². The lowest BCUT2D eigenvalue weighted by atomic mass is 10.1. The normalized spacial score (nSPS) is 10.2. The molecule has 0 bridgehead atoms. The Labute approximate surface area is 163 Å². The van der Waals surface area contributed by atoms with Crippen LogP contribution in [0.25, 0.3) is 0 Å². The van der Waals surface area contributed by atoms with Gasteiger partial charge in [0.2, 0.25) is 11.8 Å². The van der Waals surface area contributed by atoms with E-state index in [1.165, 1.54) is 25.0 Å². The van der Waals surface area contributed by atoms with Crippen LogP contribution in [0.3, 0.4) is 0 Å². The molecular weight excluding hydrogens is 368 g/mol. The molecule has 0 heterocycles. The van der Waals surface area contributed by atoms with E-state index in [-0.39, 0.29) is 18.4 Å². The van der Waals surface area contributed by atoms with E-state index in [4.69, 9.17) is 11.6 Å². The first-order valence-corrected chi connectivity index (χ1v) is 8.75. The number of esters is 1. The average Bonchev–Trinajstić information content (AvgIpc) is 2.64. The van der Waals surface area contributed by atoms with Crippen molar-refractivity contribution in [2.45, 2.75) is 13.3 Å². The highest BCUT2D eigenvalue weighted by Crippen LogP contribution is 2.13. The summed E-state index contributed by atoms with van der Waals surface area (Å²) in [6, 6.07) is 13.8. The maximum Gasteiger partial charge on any atom is 0.337 e. The van der Waals surface area contributed by atoms with E-state index in [0.29, 0.717) is 29.2 Å². The second-order valence-electron chi connectivity index (χ2n) is 5.94. The summed E-state index contributed by atoms with van der Waals surface area (Å²) in [6.45, 7) is 1.73. The molecule has 142 valence electrons. The summed E-state index contributed by atoms with van der Waals surface area (Å²) in [5.74, 6) is -1.04. The van der Waals surface area contributed by atoms with Crippen LogP contribution in [0, 0.1) is 0 Å². The summed E-state index contributed by atoms with van der Waals surface area (Å²) in [6.07, 6.45) is 0.589. The van der Waals surface area contributed by atoms with Gasteiger partial charge < -0.3 is 15.0 Å². The number of carbonyl (C=O) groups excluding carboxylic acids is 3. The van der Waals surface area contributed by atoms with Crippen LogP contribution in [0.5, 0.6) is 0 Å². The van der Waals surface area contributed by atoms with Gasteiger partial charge in [0, 0.05) is 24.2 Å². The second kappa shape index (κ2) is 9.73. The monoisotopic (exact) mass is 388 g/mol. The Morgan fingerprint density at radius 2 is 1.85 bits per heavy atom. The summed E-state index contributed by atoms with van der Waals surface area (Å²) < 4.78 is 4.66. The molecular formula is C20H21ClN2O4. The first kappa shape index (κ1) is 20.5. The molecule has 2 aromatic carbocycles. The Morgan fingerprint density at radius 1 is 1.11 bits per heavy atom. The molecule has 0 radical (unpaired) electrons. The predicted octanol–water partition coefficient (Wildman–Crippen LogP) is 3.16. The van der Waals surface area contributed by atoms with E-state index in [1.807, 2.05) is 18.2 Å². The van der Waals surface area contributed by atoms with Gasteiger partial charge in [0.15, 0.2) is 0 Å². The molecule has 27 heavy (non-hydrogen) atoms. The Bertz CT molecular complexity index is 838. The van der Waals surface area contributed by atoms with E-state index in [2.05, 4.69) is 10.1 Å². The van der Waals surface area contributed by atoms with Gasteiger partial charge in [-0.3, -0.25) is 9.59 Å². The van der Waals surface area contributed by atoms with E-state index in [9.17, 15) is 14.4 Å². The Kier molecular flexibility index (Phi) is 7.37. The number of nitrogens with zero attached hydrogens (tertiary/aromatic N) is 1. The number of rotatable bonds is 7. The molecule has 0 atom stereocenters. The third-order valence-electron chi connectivity index (χ3n) is 3.91. The third kappa shape index (κ3) is 6.42. The number of benzene rings is 2. The van der Waals surface area contributed by atoms with Crippen LogP contribution in [0.4, 0.5) is 5.69 Å². The molecule has 0 spiro atoms. The SMILES string of the molecule is COC(=O)c1cccc(NC(=O)CN(CCc2cccc(Cl)c2)C(C)=O)c1. The van der Waals surface area contributed by atoms with Gasteiger partial charge in [-0.05, 0) is 42.3 Å². The van der Waals surface area contributed by atoms with Gasteiger partial charge in [-0.1, -0.05) is 29.8 Å². The molecule has 2 rings (SSSR count). The first-order chi connectivity index (χ1) is 12.9. The fraction of sp³-hybridized carbons (Fsp3) is 0.250. The van der Waals surface area contributed by atoms with E-state index < -0.39 is 5.97 Å². The number of carbonyl (C=O) groups is 3. The van der Waals surface area contributed by atoms with Crippen molar-refractivity contribution in [1.29, 1.82) is 0 Å². The molecule has 7 heteroatoms. The van der Waals surface area contributed by atoms with Crippen LogP contribution in [-0.2, 0) is 20.7 Å². The van der Waals surface area contributed by atoms with Crippen molar-refractivity contribution in [1.82, 2.24) is 4.90 Å². The molecule has 2 aromatic rings. The maximum absolute atomic E-state index is 12.3. The van der Waals surface area contributed by atoms with Gasteiger partial charge in [0.05, 0.1) is 19.2 Å². The van der Waals surface area contributed by atoms with Crippen molar-refractivity contribution in [2.24, 2.45) is 0 Å². The maximum atomic E-state index is 12.3. The zero-order valence-electron chi connectivity index (χ0n) is 15.2. The molecule has 0 saturated carbocycles. The lowest BCUT2D eigenvalue weighted by Crippen LogP contribution is -2.38. The van der Waals surface area contributed by atoms with Crippen LogP contribution < -0.4 is 5.32 Å². The molecule has 0 fully saturated rings. The Morgan fingerprint density at radius 3 is 2.52 bits per heavy atom. The molecule has 2 amide bonds. The van der Waals surface area contributed by atoms with E-state index in [1.54, 1.807) is 24.3 Å². The van der Waals surface area contributed by atoms with E-state index >= 15 is 0 Å². The summed E-state index contributed by atoms with van der Waals surface area (Å²) in [7, 11) is 1.29. The van der Waals surface area contributed by atoms with Gasteiger partial charge in [-0.25, -0.2) is 4.79 Å². The van der Waals surface area contributed by atoms with Crippen LogP contribution in [0.2, 0.25) is 5.02 Å². The second-order valence-corrected chi connectivity index (χ2v) is 6.38. The van der Waals surface area contributed by atoms with Gasteiger partial charge in [-0.15, -0.1) is 0 Å². The smallest absolute Gasteiger partial charge is 0.337 e. The van der Waals surface area contributed by atoms with Gasteiger partial charge in [0.1, 0.15) is 0 Å². The standard InChI is InChI=1S/C20H21ClN2O4/c1-14(24)23(10-9-15-5-3-7-17(21)11-15)13-19(25)22-18-8-4-6-16(12-18)20(26)27-2/h3-8,11-12H,9-10,13H2,1-2H3,(H,22,25). The molecule has 0 saturated heterocycles. The molecule has 0 unspecified atom stereocenters. The fourth-order valence-corrected chi connectivity index (χ4v) is 2.73. The lowest BCUT2D eigenvalue weighted by molar-refractivity contribution is -0.132. The quantitative estimate of drug-likeness (QED) is 0.739. The molecule has 0 aliphatic carbocycles. The predicted molar refractivity (Wildman–Crippen MR) is 104 cm³/mol. The van der Waals surface area contributed by atoms with Crippen LogP contribution >= 0.6 is 11.6 Å². The van der Waals surface area contributed by atoms with Crippen molar-refractivity contribution in [3.05, 3.63) is 64.7 Å². The van der Waals surface area contributed by atoms with Crippen LogP contribution in [0.1, 0.15) is 22.8 Å². The van der Waals surface area contributed by atoms with Crippen molar-refractivity contribution in [3.8, 4) is 0 Å². The molecule has 6 nitrogen and oxygen atoms in total. The minimum atomic E-state index is -0.488. The van der Waals surface area contributed by atoms with E-state index in [0.717, 1.165) is 5.56 Å². The highest BCUT2D eigenvalue weighted by Gasteiger charge is 2.14. The largest absolute Gasteiger partial charge is 0.465 e. The lowest BCUT2D eigenvalue weighted by Gasteiger charge is -2.20. The number of hydrogen-bond acceptors (Lipinski definition) is 4. The van der Waals surface area contributed by atoms with Crippen molar-refractivity contribution >= 4 is 35.1 Å². The molecule has 0 aromatic heterocycles. The Balaban J connectivity index is 1.96. The summed E-state index contributed by atoms with van der Waals surface area (Å²) >= 11 is 5.97. The first-order valence-electron chi connectivity index (χ1n) is 8.37. The van der Waals surface area contributed by atoms with Gasteiger partial charge >= 0.3 is 5.97 Å². The minimum Gasteiger partial charge on any atom is -0.465 e. The van der Waals surface area contributed by atoms with Gasteiger partial charge in [0.25, 0.3) is 0 Å². The number of amides is 2. The molecule has 0 aliphatic heterocycles. The topological polar surface area (TPSA) is 75.7 Å². The zero-order valence-corrected chi connectivity index (χ0v) is 16.0. The Hall–Kier alpha value is -2.86. The van der Waals surface area contributed by atoms with Crippen LogP contribution in [0.15, 0.2) is 48.5 Å². The summed E-state index contributed by atoms with van der Waals surface area (Å²) in [5, 5.41) is 3.32. The summed E-state index contributed by atoms with van der Waals surface area (Å²) in [4.78, 5) is 37.2. The fourth-order valence-electron chi connectivity index (χ4n) is 2.52. The number of methoxy groups -OCH3 is 1. The van der Waals surface area contributed by atoms with Crippen LogP contribution in [-0.4, -0.2) is 42.9 Å². The minimum absolute atomic E-state index is 0.0850. The number of ether oxygens (including phenoxy) is 1. The highest BCUT2D eigenvalue weighted by molar-refractivity contribution is 6.30. The van der Waals surface area contributed by atoms with Crippen molar-refractivity contribution < 1.29 is 19.1 Å². The van der Waals surface area contributed by atoms with Crippen molar-refractivity contribution in [3.63, 3.8) is 0 Å².